The van der Waals surface area contributed by atoms with Gasteiger partial charge in [-0.1, -0.05) is 12.1 Å². The molecule has 0 aliphatic heterocycles. The molecule has 0 aromatic heterocycles. The van der Waals surface area contributed by atoms with Crippen molar-refractivity contribution < 1.29 is 9.90 Å². The second-order valence-electron chi connectivity index (χ2n) is 3.58. The average Bonchev–Trinajstić information content (AvgIpc) is 2.09. The number of aryl methyl sites for hydroxylation is 1. The normalized spacial score (nSPS) is 14.8. The molecule has 0 spiro atoms. The standard InChI is InChI=1S/C10H14N2O2/c1-6-5-7(3-4-8(6)11)10(2,12)9(13)14/h3-5H,11-12H2,1-2H3,(H,13,14)/t10-/m0/s1. The first-order valence-corrected chi connectivity index (χ1v) is 4.24. The lowest BCUT2D eigenvalue weighted by Gasteiger charge is -2.20. The Labute approximate surface area is 82.5 Å². The van der Waals surface area contributed by atoms with E-state index >= 15 is 0 Å². The van der Waals surface area contributed by atoms with Crippen molar-refractivity contribution >= 4 is 11.7 Å². The summed E-state index contributed by atoms with van der Waals surface area (Å²) in [5.41, 5.74) is 11.9. The molecule has 1 aromatic carbocycles. The number of carboxylic acids is 1. The summed E-state index contributed by atoms with van der Waals surface area (Å²) in [6, 6.07) is 5.00. The summed E-state index contributed by atoms with van der Waals surface area (Å²) in [4.78, 5) is 10.9. The molecule has 0 saturated carbocycles. The van der Waals surface area contributed by atoms with Crippen molar-refractivity contribution in [3.8, 4) is 0 Å². The number of hydrogen-bond donors (Lipinski definition) is 3. The summed E-state index contributed by atoms with van der Waals surface area (Å²) in [5.74, 6) is -1.05. The molecule has 0 aliphatic rings. The van der Waals surface area contributed by atoms with Crippen LogP contribution < -0.4 is 11.5 Å². The Hall–Kier alpha value is -1.55. The highest BCUT2D eigenvalue weighted by Gasteiger charge is 2.30. The van der Waals surface area contributed by atoms with Gasteiger partial charge in [-0.25, -0.2) is 4.79 Å². The molecule has 5 N–H and O–H groups in total. The molecule has 0 saturated heterocycles. The average molecular weight is 194 g/mol. The van der Waals surface area contributed by atoms with Crippen LogP contribution in [0.25, 0.3) is 0 Å². The lowest BCUT2D eigenvalue weighted by molar-refractivity contribution is -0.143. The summed E-state index contributed by atoms with van der Waals surface area (Å²) < 4.78 is 0. The van der Waals surface area contributed by atoms with Crippen molar-refractivity contribution in [2.45, 2.75) is 19.4 Å². The Morgan fingerprint density at radius 1 is 1.50 bits per heavy atom. The van der Waals surface area contributed by atoms with E-state index in [1.807, 2.05) is 6.92 Å². The number of hydrogen-bond acceptors (Lipinski definition) is 3. The maximum Gasteiger partial charge on any atom is 0.328 e. The highest BCUT2D eigenvalue weighted by molar-refractivity contribution is 5.80. The molecule has 14 heavy (non-hydrogen) atoms. The van der Waals surface area contributed by atoms with Gasteiger partial charge in [-0.15, -0.1) is 0 Å². The summed E-state index contributed by atoms with van der Waals surface area (Å²) in [7, 11) is 0. The first-order chi connectivity index (χ1) is 6.35. The number of carboxylic acid groups (broad SMARTS) is 1. The zero-order chi connectivity index (χ0) is 10.9. The number of nitrogen functional groups attached to an aromatic ring is 1. The number of anilines is 1. The summed E-state index contributed by atoms with van der Waals surface area (Å²) in [5, 5.41) is 8.90. The van der Waals surface area contributed by atoms with Crippen molar-refractivity contribution in [1.82, 2.24) is 0 Å². The van der Waals surface area contributed by atoms with Crippen LogP contribution in [0.1, 0.15) is 18.1 Å². The lowest BCUT2D eigenvalue weighted by atomic mass is 9.92. The van der Waals surface area contributed by atoms with Crippen LogP contribution in [0, 0.1) is 6.92 Å². The predicted octanol–water partition coefficient (Wildman–Crippen LogP) is 0.836. The van der Waals surface area contributed by atoms with E-state index in [-0.39, 0.29) is 0 Å². The second-order valence-corrected chi connectivity index (χ2v) is 3.58. The molecule has 4 nitrogen and oxygen atoms in total. The molecular weight excluding hydrogens is 180 g/mol. The Balaban J connectivity index is 3.21. The second kappa shape index (κ2) is 3.31. The monoisotopic (exact) mass is 194 g/mol. The third kappa shape index (κ3) is 1.70. The molecule has 0 bridgehead atoms. The third-order valence-corrected chi connectivity index (χ3v) is 2.31. The predicted molar refractivity (Wildman–Crippen MR) is 54.8 cm³/mol. The highest BCUT2D eigenvalue weighted by Crippen LogP contribution is 2.21. The molecule has 4 heteroatoms. The Morgan fingerprint density at radius 2 is 2.07 bits per heavy atom. The minimum absolute atomic E-state index is 0.553. The largest absolute Gasteiger partial charge is 0.480 e. The summed E-state index contributed by atoms with van der Waals surface area (Å²) in [6.07, 6.45) is 0. The zero-order valence-electron chi connectivity index (χ0n) is 8.24. The van der Waals surface area contributed by atoms with Gasteiger partial charge in [0.25, 0.3) is 0 Å². The molecule has 76 valence electrons. The molecule has 1 rings (SSSR count). The van der Waals surface area contributed by atoms with Gasteiger partial charge in [0, 0.05) is 5.69 Å². The van der Waals surface area contributed by atoms with E-state index in [2.05, 4.69) is 0 Å². The van der Waals surface area contributed by atoms with Gasteiger partial charge in [-0.3, -0.25) is 0 Å². The fraction of sp³-hybridized carbons (Fsp3) is 0.300. The first kappa shape index (κ1) is 10.5. The smallest absolute Gasteiger partial charge is 0.328 e. The Kier molecular flexibility index (Phi) is 2.49. The summed E-state index contributed by atoms with van der Waals surface area (Å²) >= 11 is 0. The molecule has 0 fully saturated rings. The fourth-order valence-electron chi connectivity index (χ4n) is 1.12. The van der Waals surface area contributed by atoms with Crippen LogP contribution >= 0.6 is 0 Å². The van der Waals surface area contributed by atoms with Crippen molar-refractivity contribution in [1.29, 1.82) is 0 Å². The minimum Gasteiger partial charge on any atom is -0.480 e. The van der Waals surface area contributed by atoms with E-state index in [0.717, 1.165) is 5.56 Å². The van der Waals surface area contributed by atoms with E-state index in [4.69, 9.17) is 16.6 Å². The topological polar surface area (TPSA) is 89.3 Å². The molecule has 0 radical (unpaired) electrons. The van der Waals surface area contributed by atoms with Crippen LogP contribution in [0.15, 0.2) is 18.2 Å². The maximum absolute atomic E-state index is 10.9. The van der Waals surface area contributed by atoms with Gasteiger partial charge in [0.05, 0.1) is 0 Å². The van der Waals surface area contributed by atoms with E-state index < -0.39 is 11.5 Å². The van der Waals surface area contributed by atoms with Gasteiger partial charge < -0.3 is 16.6 Å². The van der Waals surface area contributed by atoms with Crippen LogP contribution in [0.5, 0.6) is 0 Å². The van der Waals surface area contributed by atoms with Crippen LogP contribution in [0.4, 0.5) is 5.69 Å². The molecule has 1 aromatic rings. The van der Waals surface area contributed by atoms with E-state index in [1.165, 1.54) is 6.92 Å². The van der Waals surface area contributed by atoms with Crippen molar-refractivity contribution in [2.75, 3.05) is 5.73 Å². The SMILES string of the molecule is Cc1cc([C@](C)(N)C(=O)O)ccc1N. The quantitative estimate of drug-likeness (QED) is 0.608. The third-order valence-electron chi connectivity index (χ3n) is 2.31. The molecule has 0 unspecified atom stereocenters. The van der Waals surface area contributed by atoms with Gasteiger partial charge in [-0.05, 0) is 31.0 Å². The van der Waals surface area contributed by atoms with Gasteiger partial charge in [0.1, 0.15) is 5.54 Å². The number of nitrogens with two attached hydrogens (primary N) is 2. The van der Waals surface area contributed by atoms with Gasteiger partial charge in [-0.2, -0.15) is 0 Å². The summed E-state index contributed by atoms with van der Waals surface area (Å²) in [6.45, 7) is 3.27. The van der Waals surface area contributed by atoms with E-state index in [9.17, 15) is 4.79 Å². The number of carbonyl (C=O) groups is 1. The highest BCUT2D eigenvalue weighted by atomic mass is 16.4. The van der Waals surface area contributed by atoms with Crippen LogP contribution in [0.3, 0.4) is 0 Å². The van der Waals surface area contributed by atoms with Crippen LogP contribution in [0.2, 0.25) is 0 Å². The van der Waals surface area contributed by atoms with Gasteiger partial charge in [0.2, 0.25) is 0 Å². The fourth-order valence-corrected chi connectivity index (χ4v) is 1.12. The number of aliphatic carboxylic acids is 1. The first-order valence-electron chi connectivity index (χ1n) is 4.24. The van der Waals surface area contributed by atoms with Gasteiger partial charge in [0.15, 0.2) is 0 Å². The molecule has 1 atom stereocenters. The molecule has 0 aliphatic carbocycles. The number of rotatable bonds is 2. The van der Waals surface area contributed by atoms with E-state index in [1.54, 1.807) is 18.2 Å². The lowest BCUT2D eigenvalue weighted by Crippen LogP contribution is -2.41. The van der Waals surface area contributed by atoms with Gasteiger partial charge >= 0.3 is 5.97 Å². The minimum atomic E-state index is -1.36. The zero-order valence-corrected chi connectivity index (χ0v) is 8.24. The molecular formula is C10H14N2O2. The Bertz CT molecular complexity index is 372. The molecule has 0 heterocycles. The molecule has 0 amide bonds. The maximum atomic E-state index is 10.9. The van der Waals surface area contributed by atoms with E-state index in [0.29, 0.717) is 11.3 Å². The number of benzene rings is 1. The van der Waals surface area contributed by atoms with Crippen molar-refractivity contribution in [3.05, 3.63) is 29.3 Å². The van der Waals surface area contributed by atoms with Crippen molar-refractivity contribution in [2.24, 2.45) is 5.73 Å². The van der Waals surface area contributed by atoms with Crippen molar-refractivity contribution in [3.63, 3.8) is 0 Å². The van der Waals surface area contributed by atoms with Crippen LogP contribution in [-0.2, 0) is 10.3 Å². The van der Waals surface area contributed by atoms with Crippen LogP contribution in [-0.4, -0.2) is 11.1 Å². The Morgan fingerprint density at radius 3 is 2.50 bits per heavy atom.